The highest BCUT2D eigenvalue weighted by Gasteiger charge is 2.29. The largest absolute Gasteiger partial charge is 0.480 e. The fourth-order valence-corrected chi connectivity index (χ4v) is 1.11. The number of aliphatic carboxylic acids is 1. The molecule has 0 bridgehead atoms. The Morgan fingerprint density at radius 1 is 1.91 bits per heavy atom. The zero-order valence-corrected chi connectivity index (χ0v) is 7.36. The summed E-state index contributed by atoms with van der Waals surface area (Å²) in [6, 6.07) is 0. The Morgan fingerprint density at radius 2 is 2.45 bits per heavy atom. The molecule has 0 aliphatic heterocycles. The van der Waals surface area contributed by atoms with E-state index < -0.39 is 11.5 Å². The van der Waals surface area contributed by atoms with Crippen LogP contribution in [0.1, 0.15) is 6.42 Å². The minimum Gasteiger partial charge on any atom is -0.480 e. The summed E-state index contributed by atoms with van der Waals surface area (Å²) < 4.78 is 0. The van der Waals surface area contributed by atoms with Crippen LogP contribution >= 0.6 is 11.8 Å². The van der Waals surface area contributed by atoms with E-state index in [-0.39, 0.29) is 0 Å². The SMILES string of the molecule is C=CC(N)(CCSC)C(=O)O. The van der Waals surface area contributed by atoms with Gasteiger partial charge in [-0.15, -0.1) is 6.58 Å². The lowest BCUT2D eigenvalue weighted by molar-refractivity contribution is -0.141. The van der Waals surface area contributed by atoms with Crippen molar-refractivity contribution in [2.75, 3.05) is 12.0 Å². The monoisotopic (exact) mass is 175 g/mol. The number of nitrogens with two attached hydrogens (primary N) is 1. The predicted octanol–water partition coefficient (Wildman–Crippen LogP) is 0.708. The molecule has 0 aliphatic carbocycles. The maximum absolute atomic E-state index is 10.6. The van der Waals surface area contributed by atoms with Gasteiger partial charge in [0.25, 0.3) is 0 Å². The molecule has 0 aromatic carbocycles. The van der Waals surface area contributed by atoms with Crippen molar-refractivity contribution in [1.29, 1.82) is 0 Å². The number of thioether (sulfide) groups is 1. The molecule has 64 valence electrons. The summed E-state index contributed by atoms with van der Waals surface area (Å²) in [5, 5.41) is 8.65. The molecule has 0 aliphatic rings. The van der Waals surface area contributed by atoms with Gasteiger partial charge >= 0.3 is 5.97 Å². The number of carboxylic acid groups (broad SMARTS) is 1. The fourth-order valence-electron chi connectivity index (χ4n) is 0.567. The molecule has 3 nitrogen and oxygen atoms in total. The maximum atomic E-state index is 10.6. The van der Waals surface area contributed by atoms with Gasteiger partial charge in [-0.2, -0.15) is 11.8 Å². The molecule has 0 spiro atoms. The fraction of sp³-hybridized carbons (Fsp3) is 0.571. The van der Waals surface area contributed by atoms with Gasteiger partial charge in [0.1, 0.15) is 5.54 Å². The molecule has 11 heavy (non-hydrogen) atoms. The van der Waals surface area contributed by atoms with Crippen LogP contribution in [-0.4, -0.2) is 28.6 Å². The van der Waals surface area contributed by atoms with Gasteiger partial charge in [-0.05, 0) is 18.4 Å². The predicted molar refractivity (Wildman–Crippen MR) is 47.8 cm³/mol. The zero-order valence-electron chi connectivity index (χ0n) is 6.54. The van der Waals surface area contributed by atoms with Crippen LogP contribution < -0.4 is 5.73 Å². The number of rotatable bonds is 5. The third kappa shape index (κ3) is 2.95. The van der Waals surface area contributed by atoms with Crippen LogP contribution in [0.3, 0.4) is 0 Å². The first kappa shape index (κ1) is 10.5. The molecule has 0 saturated carbocycles. The number of carboxylic acids is 1. The van der Waals surface area contributed by atoms with E-state index in [9.17, 15) is 4.79 Å². The van der Waals surface area contributed by atoms with E-state index in [0.717, 1.165) is 5.75 Å². The normalized spacial score (nSPS) is 15.5. The second kappa shape index (κ2) is 4.41. The van der Waals surface area contributed by atoms with E-state index in [1.54, 1.807) is 11.8 Å². The lowest BCUT2D eigenvalue weighted by Crippen LogP contribution is -2.46. The maximum Gasteiger partial charge on any atom is 0.327 e. The van der Waals surface area contributed by atoms with Crippen molar-refractivity contribution >= 4 is 17.7 Å². The van der Waals surface area contributed by atoms with Crippen molar-refractivity contribution in [3.8, 4) is 0 Å². The number of hydrogen-bond acceptors (Lipinski definition) is 3. The quantitative estimate of drug-likeness (QED) is 0.604. The summed E-state index contributed by atoms with van der Waals surface area (Å²) in [4.78, 5) is 10.6. The molecule has 4 heteroatoms. The Bertz CT molecular complexity index is 161. The van der Waals surface area contributed by atoms with Crippen LogP contribution in [0.4, 0.5) is 0 Å². The standard InChI is InChI=1S/C7H13NO2S/c1-3-7(8,6(9)10)4-5-11-2/h3H,1,4-5,8H2,2H3,(H,9,10). The lowest BCUT2D eigenvalue weighted by Gasteiger charge is -2.18. The smallest absolute Gasteiger partial charge is 0.327 e. The van der Waals surface area contributed by atoms with Gasteiger partial charge in [-0.1, -0.05) is 6.08 Å². The summed E-state index contributed by atoms with van der Waals surface area (Å²) >= 11 is 1.57. The van der Waals surface area contributed by atoms with Crippen LogP contribution in [0, 0.1) is 0 Å². The minimum absolute atomic E-state index is 0.424. The number of carbonyl (C=O) groups is 1. The van der Waals surface area contributed by atoms with E-state index in [0.29, 0.717) is 6.42 Å². The van der Waals surface area contributed by atoms with Crippen molar-refractivity contribution in [3.05, 3.63) is 12.7 Å². The van der Waals surface area contributed by atoms with Crippen LogP contribution in [0.15, 0.2) is 12.7 Å². The highest BCUT2D eigenvalue weighted by Crippen LogP contribution is 2.11. The summed E-state index contributed by atoms with van der Waals surface area (Å²) in [7, 11) is 0. The molecule has 0 amide bonds. The van der Waals surface area contributed by atoms with E-state index >= 15 is 0 Å². The van der Waals surface area contributed by atoms with Crippen molar-refractivity contribution in [3.63, 3.8) is 0 Å². The van der Waals surface area contributed by atoms with Gasteiger partial charge in [0.05, 0.1) is 0 Å². The second-order valence-corrected chi connectivity index (χ2v) is 3.28. The Morgan fingerprint density at radius 3 is 2.73 bits per heavy atom. The molecule has 1 unspecified atom stereocenters. The molecule has 0 aromatic heterocycles. The van der Waals surface area contributed by atoms with Crippen LogP contribution in [-0.2, 0) is 4.79 Å². The molecule has 0 saturated heterocycles. The first-order valence-corrected chi connectivity index (χ1v) is 4.61. The van der Waals surface area contributed by atoms with Crippen molar-refractivity contribution in [1.82, 2.24) is 0 Å². The van der Waals surface area contributed by atoms with Gasteiger partial charge < -0.3 is 10.8 Å². The topological polar surface area (TPSA) is 63.3 Å². The Hall–Kier alpha value is -0.480. The first-order chi connectivity index (χ1) is 5.06. The average molecular weight is 175 g/mol. The zero-order chi connectivity index (χ0) is 8.91. The summed E-state index contributed by atoms with van der Waals surface area (Å²) in [5.41, 5.74) is 4.25. The van der Waals surface area contributed by atoms with Gasteiger partial charge in [-0.3, -0.25) is 0 Å². The molecular formula is C7H13NO2S. The molecule has 3 N–H and O–H groups in total. The number of hydrogen-bond donors (Lipinski definition) is 2. The van der Waals surface area contributed by atoms with Gasteiger partial charge in [0.15, 0.2) is 0 Å². The van der Waals surface area contributed by atoms with E-state index in [1.807, 2.05) is 6.26 Å². The average Bonchev–Trinajstić information content (AvgIpc) is 2.00. The Labute approximate surface area is 70.7 Å². The van der Waals surface area contributed by atoms with Crippen molar-refractivity contribution in [2.24, 2.45) is 5.73 Å². The molecule has 0 radical (unpaired) electrons. The molecular weight excluding hydrogens is 162 g/mol. The molecule has 0 fully saturated rings. The third-order valence-electron chi connectivity index (χ3n) is 1.48. The van der Waals surface area contributed by atoms with Crippen molar-refractivity contribution < 1.29 is 9.90 Å². The van der Waals surface area contributed by atoms with E-state index in [1.165, 1.54) is 6.08 Å². The highest BCUT2D eigenvalue weighted by atomic mass is 32.2. The van der Waals surface area contributed by atoms with E-state index in [2.05, 4.69) is 6.58 Å². The van der Waals surface area contributed by atoms with E-state index in [4.69, 9.17) is 10.8 Å². The molecule has 0 aromatic rings. The second-order valence-electron chi connectivity index (χ2n) is 2.29. The van der Waals surface area contributed by atoms with Crippen LogP contribution in [0.2, 0.25) is 0 Å². The van der Waals surface area contributed by atoms with Gasteiger partial charge in [0, 0.05) is 0 Å². The molecule has 1 atom stereocenters. The minimum atomic E-state index is -1.25. The summed E-state index contributed by atoms with van der Waals surface area (Å²) in [6.45, 7) is 3.39. The molecule has 0 heterocycles. The highest BCUT2D eigenvalue weighted by molar-refractivity contribution is 7.98. The summed E-state index contributed by atoms with van der Waals surface area (Å²) in [5.74, 6) is -0.281. The summed E-state index contributed by atoms with van der Waals surface area (Å²) in [6.07, 6.45) is 3.61. The third-order valence-corrected chi connectivity index (χ3v) is 2.09. The first-order valence-electron chi connectivity index (χ1n) is 3.21. The Kier molecular flexibility index (Phi) is 4.22. The van der Waals surface area contributed by atoms with Crippen LogP contribution in [0.5, 0.6) is 0 Å². The van der Waals surface area contributed by atoms with Gasteiger partial charge in [-0.25, -0.2) is 4.79 Å². The lowest BCUT2D eigenvalue weighted by atomic mass is 9.98. The van der Waals surface area contributed by atoms with Crippen LogP contribution in [0.25, 0.3) is 0 Å². The van der Waals surface area contributed by atoms with Crippen molar-refractivity contribution in [2.45, 2.75) is 12.0 Å². The van der Waals surface area contributed by atoms with Gasteiger partial charge in [0.2, 0.25) is 0 Å². The molecule has 0 rings (SSSR count). The Balaban J connectivity index is 4.10.